The van der Waals surface area contributed by atoms with Gasteiger partial charge in [0.2, 0.25) is 0 Å². The van der Waals surface area contributed by atoms with Crippen LogP contribution in [0, 0.1) is 6.92 Å². The van der Waals surface area contributed by atoms with Gasteiger partial charge in [-0.15, -0.1) is 0 Å². The van der Waals surface area contributed by atoms with Crippen LogP contribution in [0.5, 0.6) is 0 Å². The molecule has 1 aliphatic heterocycles. The molecular weight excluding hydrogens is 212 g/mol. The van der Waals surface area contributed by atoms with E-state index in [9.17, 15) is 0 Å². The molecule has 1 aliphatic rings. The molecule has 1 heterocycles. The third-order valence-electron chi connectivity index (χ3n) is 2.72. The summed E-state index contributed by atoms with van der Waals surface area (Å²) < 4.78 is 5.67. The molecule has 86 valence electrons. The molecular formula is C14H20OSi. The first-order valence-electron chi connectivity index (χ1n) is 5.87. The summed E-state index contributed by atoms with van der Waals surface area (Å²) >= 11 is 0. The summed E-state index contributed by atoms with van der Waals surface area (Å²) in [4.78, 5) is 0. The van der Waals surface area contributed by atoms with Crippen molar-refractivity contribution in [3.05, 3.63) is 47.2 Å². The van der Waals surface area contributed by atoms with Gasteiger partial charge in [0.15, 0.2) is 0 Å². The standard InChI is InChI=1S/C14H20OSi/c1-11-5-7-12(8-6-11)14-13(15-14)9-10-16(2,3)4/h5-10,13-14H,1-4H3/b10-9+/t13-,14+/m1/s1. The van der Waals surface area contributed by atoms with Gasteiger partial charge in [-0.3, -0.25) is 0 Å². The lowest BCUT2D eigenvalue weighted by molar-refractivity contribution is 0.394. The Labute approximate surface area is 99.2 Å². The van der Waals surface area contributed by atoms with E-state index in [0.29, 0.717) is 12.2 Å². The Bertz CT molecular complexity index is 386. The van der Waals surface area contributed by atoms with Gasteiger partial charge >= 0.3 is 0 Å². The van der Waals surface area contributed by atoms with Crippen molar-refractivity contribution >= 4 is 8.07 Å². The number of hydrogen-bond acceptors (Lipinski definition) is 1. The highest BCUT2D eigenvalue weighted by atomic mass is 28.3. The van der Waals surface area contributed by atoms with Crippen molar-refractivity contribution in [1.82, 2.24) is 0 Å². The Morgan fingerprint density at radius 2 is 1.75 bits per heavy atom. The average molecular weight is 232 g/mol. The second-order valence-corrected chi connectivity index (χ2v) is 10.7. The number of hydrogen-bond donors (Lipinski definition) is 0. The summed E-state index contributed by atoms with van der Waals surface area (Å²) in [5.74, 6) is 0. The quantitative estimate of drug-likeness (QED) is 0.569. The molecule has 1 aromatic carbocycles. The molecule has 1 aromatic rings. The Balaban J connectivity index is 1.97. The predicted molar refractivity (Wildman–Crippen MR) is 71.3 cm³/mol. The van der Waals surface area contributed by atoms with E-state index in [1.54, 1.807) is 0 Å². The zero-order valence-corrected chi connectivity index (χ0v) is 11.5. The van der Waals surface area contributed by atoms with Gasteiger partial charge in [0.05, 0.1) is 8.07 Å². The molecule has 0 aromatic heterocycles. The van der Waals surface area contributed by atoms with E-state index >= 15 is 0 Å². The molecule has 0 spiro atoms. The minimum atomic E-state index is -1.08. The molecule has 2 rings (SSSR count). The van der Waals surface area contributed by atoms with Crippen molar-refractivity contribution in [2.24, 2.45) is 0 Å². The molecule has 2 heteroatoms. The van der Waals surface area contributed by atoms with E-state index in [-0.39, 0.29) is 0 Å². The van der Waals surface area contributed by atoms with Crippen LogP contribution in [0.2, 0.25) is 19.6 Å². The molecule has 2 atom stereocenters. The van der Waals surface area contributed by atoms with Gasteiger partial charge in [-0.2, -0.15) is 0 Å². The fourth-order valence-electron chi connectivity index (χ4n) is 1.68. The maximum Gasteiger partial charge on any atom is 0.113 e. The van der Waals surface area contributed by atoms with Gasteiger partial charge in [-0.25, -0.2) is 0 Å². The summed E-state index contributed by atoms with van der Waals surface area (Å²) in [5.41, 5.74) is 4.97. The van der Waals surface area contributed by atoms with Gasteiger partial charge in [0.25, 0.3) is 0 Å². The summed E-state index contributed by atoms with van der Waals surface area (Å²) in [6.07, 6.45) is 2.86. The number of aryl methyl sites for hydroxylation is 1. The van der Waals surface area contributed by atoms with Crippen molar-refractivity contribution in [3.63, 3.8) is 0 Å². The SMILES string of the molecule is Cc1ccc([C@@H]2O[C@@H]2/C=C/[Si](C)(C)C)cc1. The Hall–Kier alpha value is -0.863. The molecule has 1 fully saturated rings. The highest BCUT2D eigenvalue weighted by Crippen LogP contribution is 2.39. The average Bonchev–Trinajstić information content (AvgIpc) is 2.94. The predicted octanol–water partition coefficient (Wildman–Crippen LogP) is 3.87. The molecule has 0 aliphatic carbocycles. The van der Waals surface area contributed by atoms with E-state index in [1.807, 2.05) is 0 Å². The largest absolute Gasteiger partial charge is 0.360 e. The van der Waals surface area contributed by atoms with E-state index in [0.717, 1.165) is 0 Å². The zero-order chi connectivity index (χ0) is 11.8. The highest BCUT2D eigenvalue weighted by molar-refractivity contribution is 6.80. The topological polar surface area (TPSA) is 12.5 Å². The molecule has 0 unspecified atom stereocenters. The summed E-state index contributed by atoms with van der Waals surface area (Å²) in [5, 5.41) is 0. The van der Waals surface area contributed by atoms with Crippen LogP contribution in [0.3, 0.4) is 0 Å². The number of rotatable bonds is 3. The van der Waals surface area contributed by atoms with Crippen LogP contribution >= 0.6 is 0 Å². The van der Waals surface area contributed by atoms with Crippen LogP contribution in [-0.2, 0) is 4.74 Å². The normalized spacial score (nSPS) is 25.0. The van der Waals surface area contributed by atoms with Crippen molar-refractivity contribution in [1.29, 1.82) is 0 Å². The molecule has 1 nitrogen and oxygen atoms in total. The number of epoxide rings is 1. The zero-order valence-electron chi connectivity index (χ0n) is 10.5. The lowest BCUT2D eigenvalue weighted by Crippen LogP contribution is -2.15. The second-order valence-electron chi connectivity index (χ2n) is 5.66. The van der Waals surface area contributed by atoms with Crippen LogP contribution < -0.4 is 0 Å². The third kappa shape index (κ3) is 3.06. The van der Waals surface area contributed by atoms with Gasteiger partial charge in [-0.1, -0.05) is 61.2 Å². The van der Waals surface area contributed by atoms with Crippen LogP contribution in [0.15, 0.2) is 36.0 Å². The smallest absolute Gasteiger partial charge is 0.113 e. The second kappa shape index (κ2) is 4.19. The van der Waals surface area contributed by atoms with Crippen molar-refractivity contribution in [3.8, 4) is 0 Å². The minimum absolute atomic E-state index is 0.299. The lowest BCUT2D eigenvalue weighted by atomic mass is 10.1. The molecule has 16 heavy (non-hydrogen) atoms. The number of benzene rings is 1. The third-order valence-corrected chi connectivity index (χ3v) is 3.91. The van der Waals surface area contributed by atoms with Gasteiger partial charge in [-0.05, 0) is 12.5 Å². The van der Waals surface area contributed by atoms with E-state index in [1.165, 1.54) is 11.1 Å². The van der Waals surface area contributed by atoms with Crippen LogP contribution in [-0.4, -0.2) is 14.2 Å². The first-order valence-corrected chi connectivity index (χ1v) is 9.45. The Morgan fingerprint density at radius 3 is 2.31 bits per heavy atom. The lowest BCUT2D eigenvalue weighted by Gasteiger charge is -2.07. The summed E-state index contributed by atoms with van der Waals surface area (Å²) in [7, 11) is -1.08. The molecule has 0 N–H and O–H groups in total. The van der Waals surface area contributed by atoms with Crippen LogP contribution in [0.25, 0.3) is 0 Å². The molecule has 0 radical (unpaired) electrons. The highest BCUT2D eigenvalue weighted by Gasteiger charge is 2.37. The fourth-order valence-corrected chi connectivity index (χ4v) is 2.45. The van der Waals surface area contributed by atoms with Crippen molar-refractivity contribution < 1.29 is 4.74 Å². The molecule has 0 bridgehead atoms. The van der Waals surface area contributed by atoms with Crippen molar-refractivity contribution in [2.75, 3.05) is 0 Å². The first kappa shape index (κ1) is 11.6. The summed E-state index contributed by atoms with van der Waals surface area (Å²) in [6, 6.07) is 8.64. The van der Waals surface area contributed by atoms with E-state index in [2.05, 4.69) is 62.6 Å². The van der Waals surface area contributed by atoms with Gasteiger partial charge in [0, 0.05) is 0 Å². The maximum atomic E-state index is 5.67. The minimum Gasteiger partial charge on any atom is -0.360 e. The summed E-state index contributed by atoms with van der Waals surface area (Å²) in [6.45, 7) is 9.13. The first-order chi connectivity index (χ1) is 7.46. The molecule has 0 amide bonds. The molecule has 0 saturated carbocycles. The van der Waals surface area contributed by atoms with Crippen molar-refractivity contribution in [2.45, 2.75) is 38.8 Å². The number of ether oxygens (including phenoxy) is 1. The van der Waals surface area contributed by atoms with Gasteiger partial charge in [0.1, 0.15) is 12.2 Å². The molecule has 1 saturated heterocycles. The monoisotopic (exact) mass is 232 g/mol. The van der Waals surface area contributed by atoms with E-state index in [4.69, 9.17) is 4.74 Å². The Kier molecular flexibility index (Phi) is 3.04. The van der Waals surface area contributed by atoms with Gasteiger partial charge < -0.3 is 4.74 Å². The van der Waals surface area contributed by atoms with E-state index < -0.39 is 8.07 Å². The van der Waals surface area contributed by atoms with Crippen LogP contribution in [0.4, 0.5) is 0 Å². The van der Waals surface area contributed by atoms with Crippen LogP contribution in [0.1, 0.15) is 17.2 Å². The maximum absolute atomic E-state index is 5.67. The Morgan fingerprint density at radius 1 is 1.12 bits per heavy atom. The fraction of sp³-hybridized carbons (Fsp3) is 0.429.